The fourth-order valence-electron chi connectivity index (χ4n) is 2.11. The summed E-state index contributed by atoms with van der Waals surface area (Å²) in [5.74, 6) is 0.249. The maximum Gasteiger partial charge on any atom is 0.227 e. The minimum Gasteiger partial charge on any atom is -0.352 e. The van der Waals surface area contributed by atoms with E-state index in [4.69, 9.17) is 0 Å². The van der Waals surface area contributed by atoms with E-state index >= 15 is 0 Å². The van der Waals surface area contributed by atoms with Crippen LogP contribution in [0.15, 0.2) is 24.3 Å². The van der Waals surface area contributed by atoms with Gasteiger partial charge in [0.05, 0.1) is 0 Å². The van der Waals surface area contributed by atoms with Gasteiger partial charge in [0.25, 0.3) is 0 Å². The van der Waals surface area contributed by atoms with Gasteiger partial charge < -0.3 is 16.0 Å². The first kappa shape index (κ1) is 15.5. The summed E-state index contributed by atoms with van der Waals surface area (Å²) in [6.45, 7) is 3.02. The number of hydrogen-bond acceptors (Lipinski definition) is 3. The van der Waals surface area contributed by atoms with Gasteiger partial charge in [0.1, 0.15) is 0 Å². The SMILES string of the molecule is CNCC(C)C(=O)NCc1cccc(NC(=O)C2CC2)c1. The van der Waals surface area contributed by atoms with Crippen LogP contribution in [0.3, 0.4) is 0 Å². The molecule has 0 spiro atoms. The van der Waals surface area contributed by atoms with Crippen LogP contribution in [0.5, 0.6) is 0 Å². The van der Waals surface area contributed by atoms with Crippen LogP contribution in [0.4, 0.5) is 5.69 Å². The average molecular weight is 289 g/mol. The molecule has 0 saturated heterocycles. The molecule has 0 aliphatic heterocycles. The lowest BCUT2D eigenvalue weighted by Gasteiger charge is -2.12. The van der Waals surface area contributed by atoms with Crippen molar-refractivity contribution >= 4 is 17.5 Å². The van der Waals surface area contributed by atoms with E-state index in [1.54, 1.807) is 0 Å². The molecule has 1 aliphatic rings. The monoisotopic (exact) mass is 289 g/mol. The van der Waals surface area contributed by atoms with E-state index in [2.05, 4.69) is 16.0 Å². The van der Waals surface area contributed by atoms with Gasteiger partial charge in [0.2, 0.25) is 11.8 Å². The summed E-state index contributed by atoms with van der Waals surface area (Å²) in [7, 11) is 1.83. The second-order valence-corrected chi connectivity index (χ2v) is 5.64. The van der Waals surface area contributed by atoms with Gasteiger partial charge in [-0.15, -0.1) is 0 Å². The molecule has 21 heavy (non-hydrogen) atoms. The van der Waals surface area contributed by atoms with Crippen molar-refractivity contribution in [3.63, 3.8) is 0 Å². The van der Waals surface area contributed by atoms with Crippen LogP contribution >= 0.6 is 0 Å². The van der Waals surface area contributed by atoms with Gasteiger partial charge in [-0.1, -0.05) is 19.1 Å². The first-order chi connectivity index (χ1) is 10.1. The highest BCUT2D eigenvalue weighted by Gasteiger charge is 2.29. The van der Waals surface area contributed by atoms with Gasteiger partial charge in [-0.2, -0.15) is 0 Å². The number of carbonyl (C=O) groups excluding carboxylic acids is 2. The first-order valence-corrected chi connectivity index (χ1v) is 7.42. The smallest absolute Gasteiger partial charge is 0.227 e. The van der Waals surface area contributed by atoms with Gasteiger partial charge in [0, 0.05) is 30.6 Å². The van der Waals surface area contributed by atoms with Crippen LogP contribution in [-0.4, -0.2) is 25.4 Å². The molecule has 5 nitrogen and oxygen atoms in total. The van der Waals surface area contributed by atoms with Crippen molar-refractivity contribution in [2.75, 3.05) is 18.9 Å². The third-order valence-electron chi connectivity index (χ3n) is 3.57. The van der Waals surface area contributed by atoms with E-state index in [-0.39, 0.29) is 23.7 Å². The number of amides is 2. The molecular formula is C16H23N3O2. The number of nitrogens with one attached hydrogen (secondary N) is 3. The summed E-state index contributed by atoms with van der Waals surface area (Å²) in [6.07, 6.45) is 1.98. The van der Waals surface area contributed by atoms with E-state index in [0.717, 1.165) is 24.1 Å². The van der Waals surface area contributed by atoms with Gasteiger partial charge in [-0.25, -0.2) is 0 Å². The van der Waals surface area contributed by atoms with Crippen LogP contribution < -0.4 is 16.0 Å². The van der Waals surface area contributed by atoms with Gasteiger partial charge in [0.15, 0.2) is 0 Å². The zero-order valence-electron chi connectivity index (χ0n) is 12.6. The van der Waals surface area contributed by atoms with E-state index in [0.29, 0.717) is 13.1 Å². The van der Waals surface area contributed by atoms with Crippen molar-refractivity contribution in [2.24, 2.45) is 11.8 Å². The fraction of sp³-hybridized carbons (Fsp3) is 0.500. The molecular weight excluding hydrogens is 266 g/mol. The standard InChI is InChI=1S/C16H23N3O2/c1-11(9-17-2)15(20)18-10-12-4-3-5-14(8-12)19-16(21)13-6-7-13/h3-5,8,11,13,17H,6-7,9-10H2,1-2H3,(H,18,20)(H,19,21). The molecule has 114 valence electrons. The molecule has 1 saturated carbocycles. The van der Waals surface area contributed by atoms with E-state index in [1.807, 2.05) is 38.2 Å². The highest BCUT2D eigenvalue weighted by atomic mass is 16.2. The zero-order chi connectivity index (χ0) is 15.2. The summed E-state index contributed by atoms with van der Waals surface area (Å²) >= 11 is 0. The molecule has 1 aromatic rings. The first-order valence-electron chi connectivity index (χ1n) is 7.42. The molecule has 0 aromatic heterocycles. The van der Waals surface area contributed by atoms with Gasteiger partial charge in [-0.3, -0.25) is 9.59 Å². The van der Waals surface area contributed by atoms with E-state index in [9.17, 15) is 9.59 Å². The van der Waals surface area contributed by atoms with Gasteiger partial charge >= 0.3 is 0 Å². The minimum atomic E-state index is -0.0623. The molecule has 1 unspecified atom stereocenters. The maximum absolute atomic E-state index is 11.8. The lowest BCUT2D eigenvalue weighted by Crippen LogP contribution is -2.33. The summed E-state index contributed by atoms with van der Waals surface area (Å²) in [6, 6.07) is 7.61. The third kappa shape index (κ3) is 4.86. The molecule has 1 atom stereocenters. The molecule has 0 bridgehead atoms. The van der Waals surface area contributed by atoms with Crippen LogP contribution in [0.1, 0.15) is 25.3 Å². The molecule has 1 fully saturated rings. The Kier molecular flexibility index (Phi) is 5.33. The van der Waals surface area contributed by atoms with Crippen molar-refractivity contribution in [3.05, 3.63) is 29.8 Å². The summed E-state index contributed by atoms with van der Waals surface area (Å²) in [5.41, 5.74) is 1.77. The normalized spacial score (nSPS) is 15.3. The summed E-state index contributed by atoms with van der Waals surface area (Å²) < 4.78 is 0. The third-order valence-corrected chi connectivity index (χ3v) is 3.57. The Hall–Kier alpha value is -1.88. The quantitative estimate of drug-likeness (QED) is 0.712. The topological polar surface area (TPSA) is 70.2 Å². The Bertz CT molecular complexity index is 512. The van der Waals surface area contributed by atoms with E-state index in [1.165, 1.54) is 0 Å². The highest BCUT2D eigenvalue weighted by Crippen LogP contribution is 2.30. The lowest BCUT2D eigenvalue weighted by molar-refractivity contribution is -0.124. The van der Waals surface area contributed by atoms with Gasteiger partial charge in [-0.05, 0) is 37.6 Å². The average Bonchev–Trinajstić information content (AvgIpc) is 3.30. The van der Waals surface area contributed by atoms with Crippen molar-refractivity contribution in [1.82, 2.24) is 10.6 Å². The Balaban J connectivity index is 1.85. The van der Waals surface area contributed by atoms with Crippen molar-refractivity contribution in [3.8, 4) is 0 Å². The fourth-order valence-corrected chi connectivity index (χ4v) is 2.11. The molecule has 0 heterocycles. The Morgan fingerprint density at radius 1 is 1.33 bits per heavy atom. The van der Waals surface area contributed by atoms with Crippen LogP contribution in [-0.2, 0) is 16.1 Å². The van der Waals surface area contributed by atoms with Crippen molar-refractivity contribution in [2.45, 2.75) is 26.3 Å². The van der Waals surface area contributed by atoms with Crippen molar-refractivity contribution in [1.29, 1.82) is 0 Å². The Morgan fingerprint density at radius 3 is 2.76 bits per heavy atom. The second kappa shape index (κ2) is 7.22. The molecule has 2 rings (SSSR count). The Labute approximate surface area is 125 Å². The number of anilines is 1. The Morgan fingerprint density at radius 2 is 2.10 bits per heavy atom. The highest BCUT2D eigenvalue weighted by molar-refractivity contribution is 5.94. The van der Waals surface area contributed by atoms with Crippen LogP contribution in [0.2, 0.25) is 0 Å². The summed E-state index contributed by atoms with van der Waals surface area (Å²) in [5, 5.41) is 8.81. The number of rotatable bonds is 7. The number of carbonyl (C=O) groups is 2. The lowest BCUT2D eigenvalue weighted by atomic mass is 10.1. The predicted octanol–water partition coefficient (Wildman–Crippen LogP) is 1.51. The molecule has 1 aliphatic carbocycles. The zero-order valence-corrected chi connectivity index (χ0v) is 12.6. The molecule has 2 amide bonds. The largest absolute Gasteiger partial charge is 0.352 e. The molecule has 3 N–H and O–H groups in total. The second-order valence-electron chi connectivity index (χ2n) is 5.64. The number of benzene rings is 1. The molecule has 1 aromatic carbocycles. The predicted molar refractivity (Wildman–Crippen MR) is 82.7 cm³/mol. The summed E-state index contributed by atoms with van der Waals surface area (Å²) in [4.78, 5) is 23.6. The van der Waals surface area contributed by atoms with Crippen LogP contribution in [0.25, 0.3) is 0 Å². The maximum atomic E-state index is 11.8. The van der Waals surface area contributed by atoms with Crippen LogP contribution in [0, 0.1) is 11.8 Å². The molecule has 5 heteroatoms. The minimum absolute atomic E-state index is 0.0248. The number of hydrogen-bond donors (Lipinski definition) is 3. The van der Waals surface area contributed by atoms with Crippen molar-refractivity contribution < 1.29 is 9.59 Å². The van der Waals surface area contributed by atoms with E-state index < -0.39 is 0 Å². The molecule has 0 radical (unpaired) electrons.